The number of nitrogens with one attached hydrogen (secondary N) is 1. The number of thiophene rings is 1. The first kappa shape index (κ1) is 23.6. The Morgan fingerprint density at radius 2 is 2.19 bits per heavy atom. The highest BCUT2D eigenvalue weighted by Crippen LogP contribution is 2.45. The molecule has 2 aromatic rings. The van der Waals surface area contributed by atoms with Gasteiger partial charge in [0.2, 0.25) is 5.91 Å². The Morgan fingerprint density at radius 3 is 2.87 bits per heavy atom. The van der Waals surface area contributed by atoms with Gasteiger partial charge in [-0.1, -0.05) is 38.8 Å². The number of nitrogens with zero attached hydrogens (tertiary/aromatic N) is 1. The molecule has 1 amide bonds. The highest BCUT2D eigenvalue weighted by molar-refractivity contribution is 7.16. The predicted octanol–water partition coefficient (Wildman–Crippen LogP) is 6.92. The van der Waals surface area contributed by atoms with Crippen molar-refractivity contribution in [2.45, 2.75) is 66.2 Å². The van der Waals surface area contributed by atoms with Gasteiger partial charge in [-0.05, 0) is 73.3 Å². The Bertz CT molecular complexity index is 990. The lowest BCUT2D eigenvalue weighted by Crippen LogP contribution is -2.28. The van der Waals surface area contributed by atoms with Crippen molar-refractivity contribution in [2.24, 2.45) is 11.3 Å². The summed E-state index contributed by atoms with van der Waals surface area (Å²) in [5.41, 5.74) is 3.08. The molecule has 3 rings (SSSR count). The number of amides is 1. The molecule has 0 saturated carbocycles. The Balaban J connectivity index is 1.56. The van der Waals surface area contributed by atoms with E-state index in [1.807, 2.05) is 19.1 Å². The molecule has 1 aromatic heterocycles. The van der Waals surface area contributed by atoms with Crippen LogP contribution in [0.2, 0.25) is 5.02 Å². The van der Waals surface area contributed by atoms with Crippen LogP contribution in [-0.4, -0.2) is 12.5 Å². The molecule has 0 saturated heterocycles. The van der Waals surface area contributed by atoms with Crippen molar-refractivity contribution in [2.75, 3.05) is 11.9 Å². The number of aryl methyl sites for hydroxylation is 1. The monoisotopic (exact) mass is 458 g/mol. The molecule has 1 aromatic carbocycles. The van der Waals surface area contributed by atoms with Gasteiger partial charge in [-0.25, -0.2) is 0 Å². The van der Waals surface area contributed by atoms with Gasteiger partial charge in [0.25, 0.3) is 0 Å². The average Bonchev–Trinajstić information content (AvgIpc) is 3.08. The molecule has 1 heterocycles. The van der Waals surface area contributed by atoms with Crippen molar-refractivity contribution >= 4 is 33.8 Å². The minimum atomic E-state index is -0.0723. The zero-order chi connectivity index (χ0) is 22.6. The number of hydrogen-bond acceptors (Lipinski definition) is 4. The van der Waals surface area contributed by atoms with Crippen LogP contribution in [0, 0.1) is 29.6 Å². The lowest BCUT2D eigenvalue weighted by Gasteiger charge is -2.36. The number of nitriles is 1. The Labute approximate surface area is 194 Å². The zero-order valence-corrected chi connectivity index (χ0v) is 20.4. The van der Waals surface area contributed by atoms with Gasteiger partial charge in [-0.15, -0.1) is 11.3 Å². The quantitative estimate of drug-likeness (QED) is 0.436. The van der Waals surface area contributed by atoms with Crippen molar-refractivity contribution < 1.29 is 9.53 Å². The van der Waals surface area contributed by atoms with Gasteiger partial charge in [0.15, 0.2) is 0 Å². The van der Waals surface area contributed by atoms with Gasteiger partial charge < -0.3 is 10.1 Å². The molecular weight excluding hydrogens is 428 g/mol. The van der Waals surface area contributed by atoms with Crippen LogP contribution in [0.3, 0.4) is 0 Å². The molecule has 0 aliphatic heterocycles. The van der Waals surface area contributed by atoms with Crippen LogP contribution in [0.25, 0.3) is 0 Å². The number of hydrogen-bond donors (Lipinski definition) is 1. The van der Waals surface area contributed by atoms with Crippen LogP contribution < -0.4 is 10.1 Å². The minimum absolute atomic E-state index is 0.0723. The van der Waals surface area contributed by atoms with E-state index < -0.39 is 0 Å². The third-order valence-electron chi connectivity index (χ3n) is 6.59. The molecule has 1 aliphatic rings. The summed E-state index contributed by atoms with van der Waals surface area (Å²) in [5, 5.41) is 14.1. The summed E-state index contributed by atoms with van der Waals surface area (Å²) in [6, 6.07) is 7.84. The largest absolute Gasteiger partial charge is 0.493 e. The van der Waals surface area contributed by atoms with Gasteiger partial charge in [-0.3, -0.25) is 4.79 Å². The lowest BCUT2D eigenvalue weighted by molar-refractivity contribution is -0.116. The molecule has 0 radical (unpaired) electrons. The summed E-state index contributed by atoms with van der Waals surface area (Å²) in [6.07, 6.45) is 5.13. The van der Waals surface area contributed by atoms with E-state index in [2.05, 4.69) is 32.2 Å². The normalized spacial score (nSPS) is 15.8. The fraction of sp³-hybridized carbons (Fsp3) is 0.520. The van der Waals surface area contributed by atoms with E-state index in [-0.39, 0.29) is 5.91 Å². The number of benzene rings is 1. The van der Waals surface area contributed by atoms with Crippen LogP contribution in [0.15, 0.2) is 18.2 Å². The summed E-state index contributed by atoms with van der Waals surface area (Å²) >= 11 is 7.55. The van der Waals surface area contributed by atoms with E-state index in [9.17, 15) is 10.1 Å². The molecule has 0 fully saturated rings. The molecular formula is C25H31ClN2O2S. The number of fused-ring (bicyclic) bond motifs is 1. The highest BCUT2D eigenvalue weighted by atomic mass is 35.5. The second-order valence-corrected chi connectivity index (χ2v) is 10.6. The molecule has 1 N–H and O–H groups in total. The van der Waals surface area contributed by atoms with Crippen LogP contribution in [0.5, 0.6) is 5.75 Å². The van der Waals surface area contributed by atoms with Crippen LogP contribution >= 0.6 is 22.9 Å². The fourth-order valence-electron chi connectivity index (χ4n) is 4.13. The highest BCUT2D eigenvalue weighted by Gasteiger charge is 2.34. The van der Waals surface area contributed by atoms with Gasteiger partial charge in [-0.2, -0.15) is 5.26 Å². The molecule has 1 aliphatic carbocycles. The van der Waals surface area contributed by atoms with Crippen molar-refractivity contribution in [3.63, 3.8) is 0 Å². The van der Waals surface area contributed by atoms with E-state index in [0.29, 0.717) is 46.4 Å². The maximum atomic E-state index is 12.5. The van der Waals surface area contributed by atoms with Crippen LogP contribution in [0.4, 0.5) is 5.00 Å². The Kier molecular flexibility index (Phi) is 7.67. The first-order valence-corrected chi connectivity index (χ1v) is 12.2. The molecule has 1 atom stereocenters. The second kappa shape index (κ2) is 10.1. The van der Waals surface area contributed by atoms with Gasteiger partial charge in [0.05, 0.1) is 12.2 Å². The number of carbonyl (C=O) groups excluding carboxylic acids is 1. The lowest BCUT2D eigenvalue weighted by atomic mass is 9.69. The van der Waals surface area contributed by atoms with E-state index in [4.69, 9.17) is 16.3 Å². The average molecular weight is 459 g/mol. The molecule has 0 spiro atoms. The van der Waals surface area contributed by atoms with Gasteiger partial charge in [0, 0.05) is 16.3 Å². The maximum Gasteiger partial charge on any atom is 0.225 e. The predicted molar refractivity (Wildman–Crippen MR) is 128 cm³/mol. The smallest absolute Gasteiger partial charge is 0.225 e. The summed E-state index contributed by atoms with van der Waals surface area (Å²) in [7, 11) is 0. The maximum absolute atomic E-state index is 12.5. The number of carbonyl (C=O) groups is 1. The van der Waals surface area contributed by atoms with Crippen LogP contribution in [-0.2, 0) is 17.6 Å². The van der Waals surface area contributed by atoms with Crippen molar-refractivity contribution in [1.82, 2.24) is 0 Å². The van der Waals surface area contributed by atoms with Crippen molar-refractivity contribution in [3.8, 4) is 11.8 Å². The third-order valence-corrected chi connectivity index (χ3v) is 7.99. The van der Waals surface area contributed by atoms with Gasteiger partial charge >= 0.3 is 0 Å². The molecule has 0 unspecified atom stereocenters. The van der Waals surface area contributed by atoms with Gasteiger partial charge in [0.1, 0.15) is 16.8 Å². The second-order valence-electron chi connectivity index (χ2n) is 9.01. The summed E-state index contributed by atoms with van der Waals surface area (Å²) in [4.78, 5) is 13.8. The number of ether oxygens (including phenoxy) is 1. The third kappa shape index (κ3) is 5.61. The van der Waals surface area contributed by atoms with Crippen LogP contribution in [0.1, 0.15) is 68.0 Å². The molecule has 4 nitrogen and oxygen atoms in total. The Morgan fingerprint density at radius 1 is 1.42 bits per heavy atom. The fourth-order valence-corrected chi connectivity index (χ4v) is 5.65. The summed E-state index contributed by atoms with van der Waals surface area (Å²) < 4.78 is 5.77. The van der Waals surface area contributed by atoms with E-state index >= 15 is 0 Å². The number of anilines is 1. The minimum Gasteiger partial charge on any atom is -0.493 e. The first-order chi connectivity index (χ1) is 14.7. The number of halogens is 1. The number of rotatable bonds is 8. The standard InChI is InChI=1S/C25H31ClN2O2S/c1-5-25(3,4)17-8-10-19-20(15-27)24(31-22(19)14-17)28-23(29)7-6-12-30-21-11-9-18(26)13-16(21)2/h9,11,13,17H,5-8,10,12,14H2,1-4H3,(H,28,29)/t17-/m1/s1. The SMILES string of the molecule is CCC(C)(C)[C@@H]1CCc2c(sc(NC(=O)CCCOc3ccc(Cl)cc3C)c2C#N)C1. The Hall–Kier alpha value is -2.03. The van der Waals surface area contributed by atoms with Crippen molar-refractivity contribution in [3.05, 3.63) is 44.8 Å². The van der Waals surface area contributed by atoms with E-state index in [1.54, 1.807) is 17.4 Å². The zero-order valence-electron chi connectivity index (χ0n) is 18.8. The molecule has 166 valence electrons. The first-order valence-electron chi connectivity index (χ1n) is 11.0. The van der Waals surface area contributed by atoms with E-state index in [1.165, 1.54) is 4.88 Å². The summed E-state index contributed by atoms with van der Waals surface area (Å²) in [5.74, 6) is 1.33. The van der Waals surface area contributed by atoms with Crippen molar-refractivity contribution in [1.29, 1.82) is 5.26 Å². The summed E-state index contributed by atoms with van der Waals surface area (Å²) in [6.45, 7) is 9.31. The molecule has 31 heavy (non-hydrogen) atoms. The molecule has 6 heteroatoms. The van der Waals surface area contributed by atoms with E-state index in [0.717, 1.165) is 42.6 Å². The molecule has 0 bridgehead atoms. The topological polar surface area (TPSA) is 62.1 Å².